The van der Waals surface area contributed by atoms with E-state index in [1.807, 2.05) is 6.07 Å². The van der Waals surface area contributed by atoms with Crippen LogP contribution in [0, 0.1) is 11.3 Å². The summed E-state index contributed by atoms with van der Waals surface area (Å²) in [4.78, 5) is 11.8. The van der Waals surface area contributed by atoms with Crippen LogP contribution >= 0.6 is 0 Å². The first-order valence-corrected chi connectivity index (χ1v) is 6.70. The van der Waals surface area contributed by atoms with Gasteiger partial charge in [-0.05, 0) is 42.5 Å². The van der Waals surface area contributed by atoms with Crippen LogP contribution in [-0.4, -0.2) is 16.1 Å². The van der Waals surface area contributed by atoms with Crippen molar-refractivity contribution in [1.82, 2.24) is 10.2 Å². The molecule has 0 unspecified atom stereocenters. The molecule has 0 aliphatic rings. The molecule has 3 aromatic rings. The average molecular weight is 305 g/mol. The summed E-state index contributed by atoms with van der Waals surface area (Å²) >= 11 is 0. The first-order chi connectivity index (χ1) is 11.2. The zero-order chi connectivity index (χ0) is 16.1. The van der Waals surface area contributed by atoms with Crippen molar-refractivity contribution in [2.45, 2.75) is 0 Å². The van der Waals surface area contributed by atoms with Crippen molar-refractivity contribution in [1.29, 1.82) is 5.26 Å². The molecule has 0 saturated heterocycles. The molecule has 1 aromatic carbocycles. The fourth-order valence-electron chi connectivity index (χ4n) is 1.87. The molecule has 0 saturated carbocycles. The van der Waals surface area contributed by atoms with Crippen molar-refractivity contribution >= 4 is 23.2 Å². The molecular weight excluding hydrogens is 294 g/mol. The summed E-state index contributed by atoms with van der Waals surface area (Å²) in [5, 5.41) is 22.4. The van der Waals surface area contributed by atoms with Crippen molar-refractivity contribution < 1.29 is 9.21 Å². The number of benzene rings is 1. The maximum Gasteiger partial charge on any atom is 0.292 e. The Bertz CT molecular complexity index is 851. The summed E-state index contributed by atoms with van der Waals surface area (Å²) in [6, 6.07) is 15.5. The van der Waals surface area contributed by atoms with Crippen molar-refractivity contribution in [3.05, 3.63) is 66.1 Å². The van der Waals surface area contributed by atoms with E-state index >= 15 is 0 Å². The SMILES string of the molecule is N#Cc1cccc(Nc2ccc(NC(=O)c3ccco3)nn2)c1. The van der Waals surface area contributed by atoms with Crippen LogP contribution in [0.4, 0.5) is 17.3 Å². The standard InChI is InChI=1S/C16H11N5O2/c17-10-11-3-1-4-12(9-11)18-14-6-7-15(21-20-14)19-16(22)13-5-2-8-23-13/h1-9H,(H,18,20)(H,19,21,22). The van der Waals surface area contributed by atoms with Gasteiger partial charge in [0.15, 0.2) is 17.4 Å². The largest absolute Gasteiger partial charge is 0.459 e. The Kier molecular flexibility index (Phi) is 3.98. The predicted molar refractivity (Wildman–Crippen MR) is 83.1 cm³/mol. The second kappa shape index (κ2) is 6.41. The van der Waals surface area contributed by atoms with Crippen LogP contribution in [0.1, 0.15) is 16.1 Å². The number of amides is 1. The molecule has 7 heteroatoms. The quantitative estimate of drug-likeness (QED) is 0.768. The number of nitrogens with zero attached hydrogens (tertiary/aromatic N) is 3. The third-order valence-corrected chi connectivity index (χ3v) is 2.92. The molecule has 3 rings (SSSR count). The van der Waals surface area contributed by atoms with E-state index in [9.17, 15) is 4.79 Å². The van der Waals surface area contributed by atoms with Gasteiger partial charge in [-0.1, -0.05) is 6.07 Å². The number of carbonyl (C=O) groups excluding carboxylic acids is 1. The Morgan fingerprint density at radius 3 is 2.61 bits per heavy atom. The molecular formula is C16H11N5O2. The smallest absolute Gasteiger partial charge is 0.292 e. The van der Waals surface area contributed by atoms with E-state index in [4.69, 9.17) is 9.68 Å². The molecule has 0 aliphatic carbocycles. The second-order valence-electron chi connectivity index (χ2n) is 4.55. The maximum absolute atomic E-state index is 11.8. The van der Waals surface area contributed by atoms with Gasteiger partial charge in [0.25, 0.3) is 5.91 Å². The van der Waals surface area contributed by atoms with E-state index < -0.39 is 5.91 Å². The van der Waals surface area contributed by atoms with Gasteiger partial charge in [-0.3, -0.25) is 4.79 Å². The number of hydrogen-bond donors (Lipinski definition) is 2. The zero-order valence-corrected chi connectivity index (χ0v) is 11.9. The molecule has 2 aromatic heterocycles. The first kappa shape index (κ1) is 14.3. The summed E-state index contributed by atoms with van der Waals surface area (Å²) < 4.78 is 4.99. The fourth-order valence-corrected chi connectivity index (χ4v) is 1.87. The molecule has 23 heavy (non-hydrogen) atoms. The van der Waals surface area contributed by atoms with E-state index in [1.165, 1.54) is 6.26 Å². The number of carbonyl (C=O) groups is 1. The number of rotatable bonds is 4. The van der Waals surface area contributed by atoms with Crippen LogP contribution in [0.3, 0.4) is 0 Å². The minimum Gasteiger partial charge on any atom is -0.459 e. The van der Waals surface area contributed by atoms with Gasteiger partial charge in [-0.15, -0.1) is 10.2 Å². The van der Waals surface area contributed by atoms with Gasteiger partial charge >= 0.3 is 0 Å². The fraction of sp³-hybridized carbons (Fsp3) is 0. The molecule has 112 valence electrons. The lowest BCUT2D eigenvalue weighted by atomic mass is 10.2. The molecule has 0 spiro atoms. The Hall–Kier alpha value is -3.66. The summed E-state index contributed by atoms with van der Waals surface area (Å²) in [6.07, 6.45) is 1.42. The van der Waals surface area contributed by atoms with Gasteiger partial charge in [0.1, 0.15) is 0 Å². The van der Waals surface area contributed by atoms with Gasteiger partial charge in [0.05, 0.1) is 17.9 Å². The first-order valence-electron chi connectivity index (χ1n) is 6.70. The molecule has 7 nitrogen and oxygen atoms in total. The van der Waals surface area contributed by atoms with Crippen LogP contribution < -0.4 is 10.6 Å². The molecule has 2 N–H and O–H groups in total. The minimum absolute atomic E-state index is 0.197. The highest BCUT2D eigenvalue weighted by Gasteiger charge is 2.09. The minimum atomic E-state index is -0.397. The number of nitriles is 1. The summed E-state index contributed by atoms with van der Waals surface area (Å²) in [5.74, 6) is 0.605. The Balaban J connectivity index is 1.67. The number of hydrogen-bond acceptors (Lipinski definition) is 6. The van der Waals surface area contributed by atoms with Crippen LogP contribution in [0.5, 0.6) is 0 Å². The Morgan fingerprint density at radius 1 is 1.09 bits per heavy atom. The van der Waals surface area contributed by atoms with E-state index in [0.717, 1.165) is 5.69 Å². The van der Waals surface area contributed by atoms with E-state index in [2.05, 4.69) is 26.9 Å². The number of nitrogens with one attached hydrogen (secondary N) is 2. The molecule has 2 heterocycles. The van der Waals surface area contributed by atoms with E-state index in [-0.39, 0.29) is 5.76 Å². The molecule has 0 aliphatic heterocycles. The Labute approximate surface area is 131 Å². The van der Waals surface area contributed by atoms with Crippen molar-refractivity contribution in [2.24, 2.45) is 0 Å². The van der Waals surface area contributed by atoms with Crippen LogP contribution in [0.15, 0.2) is 59.2 Å². The van der Waals surface area contributed by atoms with Gasteiger partial charge in [-0.25, -0.2) is 0 Å². The number of anilines is 3. The van der Waals surface area contributed by atoms with Crippen LogP contribution in [0.2, 0.25) is 0 Å². The number of furan rings is 1. The van der Waals surface area contributed by atoms with Crippen LogP contribution in [0.25, 0.3) is 0 Å². The topological polar surface area (TPSA) is 104 Å². The molecule has 0 atom stereocenters. The van der Waals surface area contributed by atoms with Crippen molar-refractivity contribution in [3.63, 3.8) is 0 Å². The van der Waals surface area contributed by atoms with Gasteiger partial charge in [0.2, 0.25) is 0 Å². The lowest BCUT2D eigenvalue weighted by molar-refractivity contribution is 0.0996. The normalized spacial score (nSPS) is 9.87. The molecule has 0 fully saturated rings. The second-order valence-corrected chi connectivity index (χ2v) is 4.55. The van der Waals surface area contributed by atoms with E-state index in [1.54, 1.807) is 42.5 Å². The average Bonchev–Trinajstić information content (AvgIpc) is 3.11. The van der Waals surface area contributed by atoms with Crippen molar-refractivity contribution in [3.8, 4) is 6.07 Å². The van der Waals surface area contributed by atoms with Gasteiger partial charge < -0.3 is 15.1 Å². The third kappa shape index (κ3) is 3.51. The zero-order valence-electron chi connectivity index (χ0n) is 11.9. The Morgan fingerprint density at radius 2 is 1.91 bits per heavy atom. The highest BCUT2D eigenvalue weighted by atomic mass is 16.3. The van der Waals surface area contributed by atoms with Gasteiger partial charge in [-0.2, -0.15) is 5.26 Å². The molecule has 0 bridgehead atoms. The third-order valence-electron chi connectivity index (χ3n) is 2.92. The van der Waals surface area contributed by atoms with E-state index in [0.29, 0.717) is 17.2 Å². The summed E-state index contributed by atoms with van der Waals surface area (Å²) in [5.41, 5.74) is 1.27. The summed E-state index contributed by atoms with van der Waals surface area (Å²) in [6.45, 7) is 0. The van der Waals surface area contributed by atoms with Gasteiger partial charge in [0, 0.05) is 5.69 Å². The van der Waals surface area contributed by atoms with Crippen LogP contribution in [-0.2, 0) is 0 Å². The molecule has 1 amide bonds. The predicted octanol–water partition coefficient (Wildman–Crippen LogP) is 2.94. The maximum atomic E-state index is 11.8. The highest BCUT2D eigenvalue weighted by molar-refractivity contribution is 6.01. The van der Waals surface area contributed by atoms with Crippen molar-refractivity contribution in [2.75, 3.05) is 10.6 Å². The summed E-state index contributed by atoms with van der Waals surface area (Å²) in [7, 11) is 0. The number of aromatic nitrogens is 2. The monoisotopic (exact) mass is 305 g/mol. The lowest BCUT2D eigenvalue weighted by Gasteiger charge is -2.06. The lowest BCUT2D eigenvalue weighted by Crippen LogP contribution is -2.12. The molecule has 0 radical (unpaired) electrons. The highest BCUT2D eigenvalue weighted by Crippen LogP contribution is 2.16.